The van der Waals surface area contributed by atoms with Gasteiger partial charge in [-0.15, -0.1) is 0 Å². The van der Waals surface area contributed by atoms with E-state index in [1.807, 2.05) is 6.07 Å². The first-order chi connectivity index (χ1) is 10.1. The molecule has 0 saturated heterocycles. The van der Waals surface area contributed by atoms with Gasteiger partial charge in [0.05, 0.1) is 11.5 Å². The van der Waals surface area contributed by atoms with Crippen molar-refractivity contribution in [3.05, 3.63) is 35.9 Å². The van der Waals surface area contributed by atoms with Crippen molar-refractivity contribution < 1.29 is 19.1 Å². The van der Waals surface area contributed by atoms with Gasteiger partial charge in [-0.2, -0.15) is 0 Å². The summed E-state index contributed by atoms with van der Waals surface area (Å²) in [6, 6.07) is 8.90. The fraction of sp³-hybridized carbons (Fsp3) is 0.529. The largest absolute Gasteiger partial charge is 0.458 e. The quantitative estimate of drug-likeness (QED) is 0.798. The highest BCUT2D eigenvalue weighted by atomic mass is 16.6. The van der Waals surface area contributed by atoms with E-state index in [1.165, 1.54) is 0 Å². The van der Waals surface area contributed by atoms with Crippen LogP contribution in [-0.4, -0.2) is 24.1 Å². The first-order valence-electron chi connectivity index (χ1n) is 7.54. The van der Waals surface area contributed by atoms with Gasteiger partial charge in [0.2, 0.25) is 0 Å². The third-order valence-corrected chi connectivity index (χ3v) is 3.65. The summed E-state index contributed by atoms with van der Waals surface area (Å²) in [5, 5.41) is 0. The molecule has 0 bridgehead atoms. The van der Waals surface area contributed by atoms with Crippen molar-refractivity contribution in [1.82, 2.24) is 0 Å². The zero-order chi connectivity index (χ0) is 15.2. The molecule has 1 fully saturated rings. The molecular weight excluding hydrogens is 268 g/mol. The van der Waals surface area contributed by atoms with Crippen molar-refractivity contribution in [2.75, 3.05) is 0 Å². The molecule has 114 valence electrons. The SMILES string of the molecule is CC(C)C(=O)OC1CCCCC1OC(=O)c1ccccc1. The molecule has 0 radical (unpaired) electrons. The van der Waals surface area contributed by atoms with E-state index in [-0.39, 0.29) is 30.1 Å². The van der Waals surface area contributed by atoms with Crippen LogP contribution in [-0.2, 0) is 14.3 Å². The number of ether oxygens (including phenoxy) is 2. The Kier molecular flexibility index (Phi) is 5.37. The Morgan fingerprint density at radius 2 is 1.57 bits per heavy atom. The van der Waals surface area contributed by atoms with Crippen molar-refractivity contribution in [2.45, 2.75) is 51.7 Å². The Bertz CT molecular complexity index is 481. The second-order valence-corrected chi connectivity index (χ2v) is 5.72. The van der Waals surface area contributed by atoms with Crippen LogP contribution >= 0.6 is 0 Å². The van der Waals surface area contributed by atoms with Crippen molar-refractivity contribution >= 4 is 11.9 Å². The van der Waals surface area contributed by atoms with Crippen LogP contribution in [0.4, 0.5) is 0 Å². The van der Waals surface area contributed by atoms with Gasteiger partial charge in [-0.25, -0.2) is 4.79 Å². The fourth-order valence-electron chi connectivity index (χ4n) is 2.40. The van der Waals surface area contributed by atoms with Crippen LogP contribution in [0.5, 0.6) is 0 Å². The van der Waals surface area contributed by atoms with Crippen LogP contribution in [0.15, 0.2) is 30.3 Å². The summed E-state index contributed by atoms with van der Waals surface area (Å²) in [5.74, 6) is -0.756. The molecule has 0 heterocycles. The van der Waals surface area contributed by atoms with Crippen molar-refractivity contribution in [3.63, 3.8) is 0 Å². The van der Waals surface area contributed by atoms with E-state index in [0.717, 1.165) is 25.7 Å². The molecule has 21 heavy (non-hydrogen) atoms. The molecule has 4 nitrogen and oxygen atoms in total. The molecule has 4 heteroatoms. The smallest absolute Gasteiger partial charge is 0.338 e. The second kappa shape index (κ2) is 7.25. The molecule has 2 rings (SSSR count). The normalized spacial score (nSPS) is 21.9. The molecule has 1 aliphatic rings. The van der Waals surface area contributed by atoms with Gasteiger partial charge < -0.3 is 9.47 Å². The highest BCUT2D eigenvalue weighted by Gasteiger charge is 2.32. The summed E-state index contributed by atoms with van der Waals surface area (Å²) in [6.07, 6.45) is 2.83. The van der Waals surface area contributed by atoms with Gasteiger partial charge in [0.1, 0.15) is 12.2 Å². The van der Waals surface area contributed by atoms with E-state index < -0.39 is 0 Å². The average molecular weight is 290 g/mol. The van der Waals surface area contributed by atoms with E-state index in [4.69, 9.17) is 9.47 Å². The predicted molar refractivity (Wildman–Crippen MR) is 78.8 cm³/mol. The van der Waals surface area contributed by atoms with Gasteiger partial charge in [0.25, 0.3) is 0 Å². The minimum Gasteiger partial charge on any atom is -0.458 e. The highest BCUT2D eigenvalue weighted by Crippen LogP contribution is 2.25. The summed E-state index contributed by atoms with van der Waals surface area (Å²) < 4.78 is 11.0. The van der Waals surface area contributed by atoms with Crippen LogP contribution in [0, 0.1) is 5.92 Å². The molecule has 1 aliphatic carbocycles. The highest BCUT2D eigenvalue weighted by molar-refractivity contribution is 5.89. The van der Waals surface area contributed by atoms with Gasteiger partial charge in [-0.3, -0.25) is 4.79 Å². The minimum absolute atomic E-state index is 0.169. The van der Waals surface area contributed by atoms with Crippen molar-refractivity contribution in [2.24, 2.45) is 5.92 Å². The van der Waals surface area contributed by atoms with E-state index in [9.17, 15) is 9.59 Å². The molecule has 0 amide bonds. The lowest BCUT2D eigenvalue weighted by Crippen LogP contribution is -2.38. The lowest BCUT2D eigenvalue weighted by atomic mass is 9.94. The molecule has 0 aliphatic heterocycles. The Hall–Kier alpha value is -1.84. The van der Waals surface area contributed by atoms with E-state index in [0.29, 0.717) is 5.56 Å². The zero-order valence-electron chi connectivity index (χ0n) is 12.6. The van der Waals surface area contributed by atoms with E-state index >= 15 is 0 Å². The molecule has 0 spiro atoms. The van der Waals surface area contributed by atoms with Crippen molar-refractivity contribution in [3.8, 4) is 0 Å². The molecule has 0 aromatic heterocycles. The van der Waals surface area contributed by atoms with E-state index in [1.54, 1.807) is 38.1 Å². The summed E-state index contributed by atoms with van der Waals surface area (Å²) in [4.78, 5) is 23.9. The number of esters is 2. The zero-order valence-corrected chi connectivity index (χ0v) is 12.6. The maximum Gasteiger partial charge on any atom is 0.338 e. The summed E-state index contributed by atoms with van der Waals surface area (Å²) >= 11 is 0. The Labute approximate surface area is 125 Å². The lowest BCUT2D eigenvalue weighted by molar-refractivity contribution is -0.161. The molecule has 2 unspecified atom stereocenters. The maximum absolute atomic E-state index is 12.1. The lowest BCUT2D eigenvalue weighted by Gasteiger charge is -2.31. The van der Waals surface area contributed by atoms with Gasteiger partial charge in [-0.05, 0) is 37.8 Å². The monoisotopic (exact) mass is 290 g/mol. The van der Waals surface area contributed by atoms with Crippen molar-refractivity contribution in [1.29, 1.82) is 0 Å². The number of carbonyl (C=O) groups excluding carboxylic acids is 2. The number of benzene rings is 1. The second-order valence-electron chi connectivity index (χ2n) is 5.72. The topological polar surface area (TPSA) is 52.6 Å². The number of hydrogen-bond acceptors (Lipinski definition) is 4. The standard InChI is InChI=1S/C17H22O4/c1-12(2)16(18)20-14-10-6-7-11-15(14)21-17(19)13-8-4-3-5-9-13/h3-5,8-9,12,14-15H,6-7,10-11H2,1-2H3. The Morgan fingerprint density at radius 3 is 2.14 bits per heavy atom. The molecule has 0 N–H and O–H groups in total. The molecule has 1 aromatic rings. The van der Waals surface area contributed by atoms with Crippen LogP contribution in [0.3, 0.4) is 0 Å². The number of carbonyl (C=O) groups is 2. The van der Waals surface area contributed by atoms with Gasteiger partial charge in [-0.1, -0.05) is 32.0 Å². The van der Waals surface area contributed by atoms with Gasteiger partial charge >= 0.3 is 11.9 Å². The summed E-state index contributed by atoms with van der Waals surface area (Å²) in [6.45, 7) is 3.60. The first kappa shape index (κ1) is 15.5. The maximum atomic E-state index is 12.1. The molecule has 2 atom stereocenters. The Balaban J connectivity index is 1.99. The number of rotatable bonds is 4. The predicted octanol–water partition coefficient (Wildman–Crippen LogP) is 3.35. The third-order valence-electron chi connectivity index (χ3n) is 3.65. The average Bonchev–Trinajstić information content (AvgIpc) is 2.50. The Morgan fingerprint density at radius 1 is 1.00 bits per heavy atom. The molecule has 1 aromatic carbocycles. The number of hydrogen-bond donors (Lipinski definition) is 0. The summed E-state index contributed by atoms with van der Waals surface area (Å²) in [7, 11) is 0. The van der Waals surface area contributed by atoms with Gasteiger partial charge in [0.15, 0.2) is 0 Å². The van der Waals surface area contributed by atoms with Crippen LogP contribution in [0.1, 0.15) is 49.9 Å². The fourth-order valence-corrected chi connectivity index (χ4v) is 2.40. The third kappa shape index (κ3) is 4.31. The van der Waals surface area contributed by atoms with E-state index in [2.05, 4.69) is 0 Å². The van der Waals surface area contributed by atoms with Crippen LogP contribution < -0.4 is 0 Å². The first-order valence-corrected chi connectivity index (χ1v) is 7.54. The molecular formula is C17H22O4. The summed E-state index contributed by atoms with van der Waals surface area (Å²) in [5.41, 5.74) is 0.525. The van der Waals surface area contributed by atoms with Crippen LogP contribution in [0.2, 0.25) is 0 Å². The minimum atomic E-state index is -0.354. The van der Waals surface area contributed by atoms with Crippen LogP contribution in [0.25, 0.3) is 0 Å². The molecule has 1 saturated carbocycles. The van der Waals surface area contributed by atoms with Gasteiger partial charge in [0, 0.05) is 0 Å².